The van der Waals surface area contributed by atoms with Crippen molar-refractivity contribution in [1.82, 2.24) is 14.5 Å². The number of imidazole rings is 1. The molecule has 1 aromatic heterocycles. The Hall–Kier alpha value is -3.57. The first-order valence-electron chi connectivity index (χ1n) is 10.8. The second-order valence-corrected chi connectivity index (χ2v) is 8.25. The second kappa shape index (κ2) is 10.2. The fourth-order valence-electron chi connectivity index (χ4n) is 3.85. The fraction of sp³-hybridized carbons (Fsp3) is 0.222. The van der Waals surface area contributed by atoms with Crippen LogP contribution in [0.1, 0.15) is 16.7 Å². The van der Waals surface area contributed by atoms with Gasteiger partial charge in [0.1, 0.15) is 5.75 Å². The molecule has 164 valence electrons. The molecule has 0 aliphatic rings. The number of hydrogen-bond acceptors (Lipinski definition) is 4. The molecule has 0 spiro atoms. The SMILES string of the molecule is COc1cccc(CN(Cc2ccc(-n3ccnc3)cc2)c2cccc(CN(C)C)c2)c1. The van der Waals surface area contributed by atoms with E-state index in [2.05, 4.69) is 95.6 Å². The summed E-state index contributed by atoms with van der Waals surface area (Å²) in [5.41, 5.74) is 6.11. The molecule has 0 bridgehead atoms. The van der Waals surface area contributed by atoms with E-state index in [1.54, 1.807) is 13.3 Å². The lowest BCUT2D eigenvalue weighted by atomic mass is 10.1. The Kier molecular flexibility index (Phi) is 6.87. The first kappa shape index (κ1) is 21.7. The summed E-state index contributed by atoms with van der Waals surface area (Å²) in [5, 5.41) is 0. The van der Waals surface area contributed by atoms with Gasteiger partial charge < -0.3 is 19.1 Å². The van der Waals surface area contributed by atoms with Crippen LogP contribution in [0.25, 0.3) is 5.69 Å². The maximum Gasteiger partial charge on any atom is 0.119 e. The molecule has 32 heavy (non-hydrogen) atoms. The maximum absolute atomic E-state index is 5.44. The predicted molar refractivity (Wildman–Crippen MR) is 130 cm³/mol. The number of nitrogens with zero attached hydrogens (tertiary/aromatic N) is 4. The maximum atomic E-state index is 5.44. The second-order valence-electron chi connectivity index (χ2n) is 8.25. The monoisotopic (exact) mass is 426 g/mol. The minimum absolute atomic E-state index is 0.798. The van der Waals surface area contributed by atoms with Gasteiger partial charge in [0.25, 0.3) is 0 Å². The normalized spacial score (nSPS) is 11.0. The van der Waals surface area contributed by atoms with E-state index in [9.17, 15) is 0 Å². The van der Waals surface area contributed by atoms with E-state index >= 15 is 0 Å². The van der Waals surface area contributed by atoms with Gasteiger partial charge in [-0.3, -0.25) is 0 Å². The number of anilines is 1. The molecule has 0 unspecified atom stereocenters. The van der Waals surface area contributed by atoms with Crippen LogP contribution in [-0.4, -0.2) is 35.7 Å². The molecule has 4 aromatic rings. The quantitative estimate of drug-likeness (QED) is 0.371. The van der Waals surface area contributed by atoms with Crippen LogP contribution in [0.2, 0.25) is 0 Å². The van der Waals surface area contributed by atoms with Crippen LogP contribution in [0, 0.1) is 0 Å². The third kappa shape index (κ3) is 5.56. The topological polar surface area (TPSA) is 33.5 Å². The highest BCUT2D eigenvalue weighted by Crippen LogP contribution is 2.24. The van der Waals surface area contributed by atoms with Gasteiger partial charge in [-0.1, -0.05) is 36.4 Å². The minimum Gasteiger partial charge on any atom is -0.497 e. The summed E-state index contributed by atoms with van der Waals surface area (Å²) in [6.07, 6.45) is 5.57. The molecule has 0 radical (unpaired) electrons. The van der Waals surface area contributed by atoms with Crippen molar-refractivity contribution >= 4 is 5.69 Å². The Labute approximate surface area is 190 Å². The van der Waals surface area contributed by atoms with Crippen molar-refractivity contribution in [3.63, 3.8) is 0 Å². The van der Waals surface area contributed by atoms with Crippen LogP contribution in [0.15, 0.2) is 91.5 Å². The van der Waals surface area contributed by atoms with Crippen molar-refractivity contribution in [3.8, 4) is 11.4 Å². The molecule has 0 aliphatic heterocycles. The number of benzene rings is 3. The van der Waals surface area contributed by atoms with Gasteiger partial charge in [0.15, 0.2) is 0 Å². The molecule has 0 amide bonds. The first-order valence-corrected chi connectivity index (χ1v) is 10.8. The molecule has 1 heterocycles. The standard InChI is InChI=1S/C27H30N4O/c1-29(2)18-23-6-4-8-26(16-23)31(20-24-7-5-9-27(17-24)32-3)19-22-10-12-25(13-11-22)30-15-14-28-21-30/h4-17,21H,18-20H2,1-3H3. The largest absolute Gasteiger partial charge is 0.497 e. The van der Waals surface area contributed by atoms with Crippen molar-refractivity contribution in [2.45, 2.75) is 19.6 Å². The first-order chi connectivity index (χ1) is 15.6. The summed E-state index contributed by atoms with van der Waals surface area (Å²) >= 11 is 0. The molecule has 0 atom stereocenters. The summed E-state index contributed by atoms with van der Waals surface area (Å²) in [5.74, 6) is 0.883. The van der Waals surface area contributed by atoms with E-state index in [0.717, 1.165) is 31.1 Å². The lowest BCUT2D eigenvalue weighted by molar-refractivity contribution is 0.402. The van der Waals surface area contributed by atoms with Crippen LogP contribution in [0.5, 0.6) is 5.75 Å². The highest BCUT2D eigenvalue weighted by atomic mass is 16.5. The molecule has 0 N–H and O–H groups in total. The number of ether oxygens (including phenoxy) is 1. The van der Waals surface area contributed by atoms with Crippen LogP contribution in [0.4, 0.5) is 5.69 Å². The Morgan fingerprint density at radius 2 is 1.53 bits per heavy atom. The highest BCUT2D eigenvalue weighted by molar-refractivity contribution is 5.50. The third-order valence-electron chi connectivity index (χ3n) is 5.39. The molecule has 3 aromatic carbocycles. The van der Waals surface area contributed by atoms with Gasteiger partial charge in [-0.15, -0.1) is 0 Å². The van der Waals surface area contributed by atoms with Gasteiger partial charge in [0.2, 0.25) is 0 Å². The van der Waals surface area contributed by atoms with Crippen molar-refractivity contribution < 1.29 is 4.74 Å². The van der Waals surface area contributed by atoms with Gasteiger partial charge in [-0.05, 0) is 67.2 Å². The molecule has 5 heteroatoms. The van der Waals surface area contributed by atoms with Gasteiger partial charge in [0, 0.05) is 43.4 Å². The average molecular weight is 427 g/mol. The van der Waals surface area contributed by atoms with Gasteiger partial charge in [-0.25, -0.2) is 4.98 Å². The molecule has 5 nitrogen and oxygen atoms in total. The third-order valence-corrected chi connectivity index (χ3v) is 5.39. The zero-order chi connectivity index (χ0) is 22.3. The van der Waals surface area contributed by atoms with Crippen LogP contribution < -0.4 is 9.64 Å². The smallest absolute Gasteiger partial charge is 0.119 e. The van der Waals surface area contributed by atoms with E-state index in [1.165, 1.54) is 22.4 Å². The predicted octanol–water partition coefficient (Wildman–Crippen LogP) is 5.15. The Morgan fingerprint density at radius 1 is 0.812 bits per heavy atom. The van der Waals surface area contributed by atoms with Crippen molar-refractivity contribution in [3.05, 3.63) is 108 Å². The molecule has 0 fully saturated rings. The van der Waals surface area contributed by atoms with Gasteiger partial charge in [-0.2, -0.15) is 0 Å². The van der Waals surface area contributed by atoms with Crippen LogP contribution >= 0.6 is 0 Å². The van der Waals surface area contributed by atoms with E-state index in [0.29, 0.717) is 0 Å². The summed E-state index contributed by atoms with van der Waals surface area (Å²) in [6.45, 7) is 2.53. The average Bonchev–Trinajstić information content (AvgIpc) is 3.34. The molecular formula is C27H30N4O. The summed E-state index contributed by atoms with van der Waals surface area (Å²) < 4.78 is 7.46. The number of methoxy groups -OCH3 is 1. The number of aromatic nitrogens is 2. The summed E-state index contributed by atoms with van der Waals surface area (Å²) in [6, 6.07) is 25.8. The zero-order valence-electron chi connectivity index (χ0n) is 19.0. The van der Waals surface area contributed by atoms with E-state index < -0.39 is 0 Å². The highest BCUT2D eigenvalue weighted by Gasteiger charge is 2.11. The number of rotatable bonds is 9. The van der Waals surface area contributed by atoms with Crippen molar-refractivity contribution in [2.24, 2.45) is 0 Å². The van der Waals surface area contributed by atoms with Crippen molar-refractivity contribution in [1.29, 1.82) is 0 Å². The van der Waals surface area contributed by atoms with Crippen LogP contribution in [0.3, 0.4) is 0 Å². The lowest BCUT2D eigenvalue weighted by Gasteiger charge is -2.26. The molecule has 0 aliphatic carbocycles. The van der Waals surface area contributed by atoms with Gasteiger partial charge in [0.05, 0.1) is 13.4 Å². The zero-order valence-corrected chi connectivity index (χ0v) is 19.0. The lowest BCUT2D eigenvalue weighted by Crippen LogP contribution is -2.22. The van der Waals surface area contributed by atoms with E-state index in [-0.39, 0.29) is 0 Å². The Bertz CT molecular complexity index is 1120. The molecule has 0 saturated carbocycles. The summed E-state index contributed by atoms with van der Waals surface area (Å²) in [4.78, 5) is 8.75. The summed E-state index contributed by atoms with van der Waals surface area (Å²) in [7, 11) is 5.91. The Balaban J connectivity index is 1.61. The molecule has 0 saturated heterocycles. The van der Waals surface area contributed by atoms with Gasteiger partial charge >= 0.3 is 0 Å². The van der Waals surface area contributed by atoms with E-state index in [1.807, 2.05) is 23.2 Å². The fourth-order valence-corrected chi connectivity index (χ4v) is 3.85. The minimum atomic E-state index is 0.798. The van der Waals surface area contributed by atoms with Crippen LogP contribution in [-0.2, 0) is 19.6 Å². The Morgan fingerprint density at radius 3 is 2.22 bits per heavy atom. The van der Waals surface area contributed by atoms with E-state index in [4.69, 9.17) is 4.74 Å². The van der Waals surface area contributed by atoms with Crippen molar-refractivity contribution in [2.75, 3.05) is 26.1 Å². The molecular weight excluding hydrogens is 396 g/mol. The molecule has 4 rings (SSSR count). The number of hydrogen-bond donors (Lipinski definition) is 0.